The Bertz CT molecular complexity index is 349. The van der Waals surface area contributed by atoms with E-state index in [0.717, 1.165) is 23.7 Å². The van der Waals surface area contributed by atoms with Crippen molar-refractivity contribution in [2.75, 3.05) is 12.4 Å². The summed E-state index contributed by atoms with van der Waals surface area (Å²) in [5.41, 5.74) is 1.65. The molecule has 76 valence electrons. The predicted octanol–water partition coefficient (Wildman–Crippen LogP) is 1.31. The number of carbonyl (C=O) groups excluding carboxylic acids is 1. The average Bonchev–Trinajstić information content (AvgIpc) is 2.61. The molecule has 2 heterocycles. The number of ether oxygens (including phenoxy) is 1. The van der Waals surface area contributed by atoms with Crippen LogP contribution in [-0.4, -0.2) is 28.1 Å². The van der Waals surface area contributed by atoms with Crippen LogP contribution in [0.3, 0.4) is 0 Å². The minimum Gasteiger partial charge on any atom is -0.462 e. The van der Waals surface area contributed by atoms with E-state index in [1.54, 1.807) is 6.20 Å². The van der Waals surface area contributed by atoms with Gasteiger partial charge in [-0.25, -0.2) is 4.79 Å². The molecule has 0 N–H and O–H groups in total. The molecule has 0 amide bonds. The van der Waals surface area contributed by atoms with Crippen molar-refractivity contribution in [1.29, 1.82) is 0 Å². The van der Waals surface area contributed by atoms with Crippen LogP contribution in [0.5, 0.6) is 0 Å². The summed E-state index contributed by atoms with van der Waals surface area (Å²) in [4.78, 5) is 11.5. The fraction of sp³-hybridized carbons (Fsp3) is 0.556. The number of aromatic nitrogens is 2. The number of rotatable bonds is 2. The largest absolute Gasteiger partial charge is 0.462 e. The Morgan fingerprint density at radius 2 is 2.64 bits per heavy atom. The molecule has 1 aromatic rings. The van der Waals surface area contributed by atoms with Crippen LogP contribution < -0.4 is 0 Å². The average molecular weight is 212 g/mol. The monoisotopic (exact) mass is 212 g/mol. The molecule has 0 spiro atoms. The van der Waals surface area contributed by atoms with Gasteiger partial charge in [-0.15, -0.1) is 11.8 Å². The molecule has 2 rings (SSSR count). The number of hydrogen-bond acceptors (Lipinski definition) is 4. The first-order chi connectivity index (χ1) is 6.83. The summed E-state index contributed by atoms with van der Waals surface area (Å²) in [5, 5.41) is 4.16. The Kier molecular flexibility index (Phi) is 2.77. The molecule has 0 aromatic carbocycles. The fourth-order valence-corrected chi connectivity index (χ4v) is 2.35. The second-order valence-corrected chi connectivity index (χ2v) is 4.09. The van der Waals surface area contributed by atoms with Gasteiger partial charge in [0.25, 0.3) is 0 Å². The molecule has 14 heavy (non-hydrogen) atoms. The molecule has 0 unspecified atom stereocenters. The number of thioether (sulfide) groups is 1. The van der Waals surface area contributed by atoms with Crippen molar-refractivity contribution in [3.8, 4) is 0 Å². The third kappa shape index (κ3) is 1.64. The lowest BCUT2D eigenvalue weighted by Crippen LogP contribution is -2.14. The van der Waals surface area contributed by atoms with Gasteiger partial charge in [0.05, 0.1) is 24.4 Å². The molecule has 0 radical (unpaired) electrons. The standard InChI is InChI=1S/C9H12N2O2S/c1-2-13-9(12)7-5-10-11-6-14-4-3-8(7)11/h5H,2-4,6H2,1H3. The zero-order valence-electron chi connectivity index (χ0n) is 8.02. The van der Waals surface area contributed by atoms with Crippen LogP contribution in [0.1, 0.15) is 23.0 Å². The molecule has 0 atom stereocenters. The zero-order chi connectivity index (χ0) is 9.97. The van der Waals surface area contributed by atoms with Crippen LogP contribution in [0.4, 0.5) is 0 Å². The molecular weight excluding hydrogens is 200 g/mol. The van der Waals surface area contributed by atoms with Gasteiger partial charge in [-0.2, -0.15) is 5.10 Å². The summed E-state index contributed by atoms with van der Waals surface area (Å²) < 4.78 is 6.83. The highest BCUT2D eigenvalue weighted by Gasteiger charge is 2.20. The van der Waals surface area contributed by atoms with Gasteiger partial charge < -0.3 is 4.74 Å². The van der Waals surface area contributed by atoms with Crippen LogP contribution >= 0.6 is 11.8 Å². The second-order valence-electron chi connectivity index (χ2n) is 3.01. The van der Waals surface area contributed by atoms with Gasteiger partial charge in [0.15, 0.2) is 0 Å². The van der Waals surface area contributed by atoms with E-state index in [1.807, 2.05) is 23.4 Å². The van der Waals surface area contributed by atoms with E-state index in [-0.39, 0.29) is 5.97 Å². The third-order valence-corrected chi connectivity index (χ3v) is 3.06. The van der Waals surface area contributed by atoms with Crippen molar-refractivity contribution in [3.63, 3.8) is 0 Å². The van der Waals surface area contributed by atoms with Crippen LogP contribution in [0.2, 0.25) is 0 Å². The van der Waals surface area contributed by atoms with Gasteiger partial charge in [0.1, 0.15) is 5.56 Å². The number of hydrogen-bond donors (Lipinski definition) is 0. The van der Waals surface area contributed by atoms with Crippen molar-refractivity contribution in [1.82, 2.24) is 9.78 Å². The SMILES string of the molecule is CCOC(=O)c1cnn2c1CCSC2. The van der Waals surface area contributed by atoms with E-state index in [0.29, 0.717) is 12.2 Å². The number of carbonyl (C=O) groups is 1. The van der Waals surface area contributed by atoms with Crippen LogP contribution in [-0.2, 0) is 17.0 Å². The van der Waals surface area contributed by atoms with Gasteiger partial charge >= 0.3 is 5.97 Å². The molecular formula is C9H12N2O2S. The lowest BCUT2D eigenvalue weighted by Gasteiger charge is -2.13. The van der Waals surface area contributed by atoms with Gasteiger partial charge in [-0.05, 0) is 13.3 Å². The lowest BCUT2D eigenvalue weighted by atomic mass is 10.2. The van der Waals surface area contributed by atoms with Crippen LogP contribution in [0.15, 0.2) is 6.20 Å². The highest BCUT2D eigenvalue weighted by atomic mass is 32.2. The van der Waals surface area contributed by atoms with E-state index >= 15 is 0 Å². The maximum atomic E-state index is 11.5. The van der Waals surface area contributed by atoms with E-state index in [9.17, 15) is 4.79 Å². The quantitative estimate of drug-likeness (QED) is 0.693. The van der Waals surface area contributed by atoms with E-state index in [4.69, 9.17) is 4.74 Å². The topological polar surface area (TPSA) is 44.1 Å². The van der Waals surface area contributed by atoms with Gasteiger partial charge in [-0.1, -0.05) is 0 Å². The molecule has 1 aliphatic heterocycles. The van der Waals surface area contributed by atoms with Crippen LogP contribution in [0, 0.1) is 0 Å². The smallest absolute Gasteiger partial charge is 0.341 e. The van der Waals surface area contributed by atoms with Gasteiger partial charge in [-0.3, -0.25) is 4.68 Å². The maximum Gasteiger partial charge on any atom is 0.341 e. The summed E-state index contributed by atoms with van der Waals surface area (Å²) in [6.07, 6.45) is 2.51. The van der Waals surface area contributed by atoms with Crippen molar-refractivity contribution in [2.24, 2.45) is 0 Å². The summed E-state index contributed by atoms with van der Waals surface area (Å²) in [6, 6.07) is 0. The van der Waals surface area contributed by atoms with E-state index < -0.39 is 0 Å². The normalized spacial score (nSPS) is 14.9. The molecule has 1 aliphatic rings. The second kappa shape index (κ2) is 4.04. The number of nitrogens with zero attached hydrogens (tertiary/aromatic N) is 2. The first-order valence-corrected chi connectivity index (χ1v) is 5.78. The molecule has 5 heteroatoms. The number of fused-ring (bicyclic) bond motifs is 1. The van der Waals surface area contributed by atoms with E-state index in [2.05, 4.69) is 5.10 Å². The van der Waals surface area contributed by atoms with Gasteiger partial charge in [0.2, 0.25) is 0 Å². The summed E-state index contributed by atoms with van der Waals surface area (Å²) in [6.45, 7) is 2.22. The predicted molar refractivity (Wildman–Crippen MR) is 54.3 cm³/mol. The number of esters is 1. The molecule has 4 nitrogen and oxygen atoms in total. The molecule has 0 aliphatic carbocycles. The summed E-state index contributed by atoms with van der Waals surface area (Å²) in [5.74, 6) is 1.65. The Morgan fingerprint density at radius 3 is 3.43 bits per heavy atom. The van der Waals surface area contributed by atoms with Crippen molar-refractivity contribution in [2.45, 2.75) is 19.2 Å². The Morgan fingerprint density at radius 1 is 1.79 bits per heavy atom. The Labute approximate surface area is 86.6 Å². The zero-order valence-corrected chi connectivity index (χ0v) is 8.84. The first kappa shape index (κ1) is 9.58. The van der Waals surface area contributed by atoms with Gasteiger partial charge in [0, 0.05) is 5.75 Å². The fourth-order valence-electron chi connectivity index (χ4n) is 1.48. The van der Waals surface area contributed by atoms with Crippen LogP contribution in [0.25, 0.3) is 0 Å². The highest BCUT2D eigenvalue weighted by molar-refractivity contribution is 7.98. The maximum absolute atomic E-state index is 11.5. The van der Waals surface area contributed by atoms with Crippen molar-refractivity contribution < 1.29 is 9.53 Å². The minimum atomic E-state index is -0.249. The Balaban J connectivity index is 2.25. The lowest BCUT2D eigenvalue weighted by molar-refractivity contribution is 0.0525. The molecule has 0 fully saturated rings. The summed E-state index contributed by atoms with van der Waals surface area (Å²) in [7, 11) is 0. The molecule has 1 aromatic heterocycles. The van der Waals surface area contributed by atoms with Crippen molar-refractivity contribution >= 4 is 17.7 Å². The highest BCUT2D eigenvalue weighted by Crippen LogP contribution is 2.21. The first-order valence-electron chi connectivity index (χ1n) is 4.62. The third-order valence-electron chi connectivity index (χ3n) is 2.14. The Hall–Kier alpha value is -0.970. The minimum absolute atomic E-state index is 0.249. The molecule has 0 saturated carbocycles. The summed E-state index contributed by atoms with van der Waals surface area (Å²) >= 11 is 1.82. The van der Waals surface area contributed by atoms with Crippen molar-refractivity contribution in [3.05, 3.63) is 17.5 Å². The molecule has 0 saturated heterocycles. The molecule has 0 bridgehead atoms. The van der Waals surface area contributed by atoms with E-state index in [1.165, 1.54) is 0 Å².